The average molecular weight is 1430 g/mol. The Morgan fingerprint density at radius 1 is 0.458 bits per heavy atom. The zero-order valence-electron chi connectivity index (χ0n) is 52.2. The van der Waals surface area contributed by atoms with E-state index in [9.17, 15) is 61.8 Å². The number of aromatic nitrogens is 6. The number of carboxylic acid groups (broad SMARTS) is 1. The number of H-pyrrole nitrogens is 2. The van der Waals surface area contributed by atoms with Crippen LogP contribution in [0.2, 0.25) is 0 Å². The van der Waals surface area contributed by atoms with E-state index >= 15 is 0 Å². The van der Waals surface area contributed by atoms with Gasteiger partial charge in [0.25, 0.3) is 0 Å². The molecule has 4 N–H and O–H groups in total. The predicted molar refractivity (Wildman–Crippen MR) is 317 cm³/mol. The van der Waals surface area contributed by atoms with Crippen molar-refractivity contribution < 1.29 is 219 Å². The van der Waals surface area contributed by atoms with Crippen molar-refractivity contribution in [3.63, 3.8) is 0 Å². The number of nitrogens with one attached hydrogen (secondary N) is 4. The molecule has 0 bridgehead atoms. The van der Waals surface area contributed by atoms with E-state index in [1.54, 1.807) is 50.2 Å². The number of carbonyl (C=O) groups is 1. The first-order valence-corrected chi connectivity index (χ1v) is 32.5. The molecule has 7 aromatic carbocycles. The molecule has 41 heteroatoms. The van der Waals surface area contributed by atoms with Crippen LogP contribution in [0.15, 0.2) is 165 Å². The third-order valence-corrected chi connectivity index (χ3v) is 17.5. The van der Waals surface area contributed by atoms with Gasteiger partial charge in [0, 0.05) is 64.7 Å². The summed E-state index contributed by atoms with van der Waals surface area (Å²) in [6, 6.07) is 24.4. The Bertz CT molecular complexity index is 5160. The van der Waals surface area contributed by atoms with Crippen molar-refractivity contribution in [2.45, 2.75) is 33.4 Å². The van der Waals surface area contributed by atoms with Crippen LogP contribution in [0.5, 0.6) is 0 Å². The number of aromatic amines is 2. The Kier molecular flexibility index (Phi) is 28.0. The van der Waals surface area contributed by atoms with E-state index in [1.807, 2.05) is 9.80 Å². The van der Waals surface area contributed by atoms with E-state index in [2.05, 4.69) is 71.0 Å². The van der Waals surface area contributed by atoms with E-state index in [0.29, 0.717) is 87.0 Å². The summed E-state index contributed by atoms with van der Waals surface area (Å²) in [6.07, 6.45) is 0. The normalized spacial score (nSPS) is 14.1. The monoisotopic (exact) mass is 1430 g/mol. The van der Waals surface area contributed by atoms with Crippen molar-refractivity contribution in [2.75, 3.05) is 73.0 Å². The smallest absolute Gasteiger partial charge is 0.744 e. The minimum atomic E-state index is -5.18. The van der Waals surface area contributed by atoms with Crippen molar-refractivity contribution in [2.24, 2.45) is 30.4 Å². The maximum atomic E-state index is 12.9. The van der Waals surface area contributed by atoms with E-state index in [0.717, 1.165) is 48.5 Å². The zero-order valence-corrected chi connectivity index (χ0v) is 65.4. The van der Waals surface area contributed by atoms with Crippen LogP contribution in [0, 0.1) is 13.8 Å². The molecule has 2 aliphatic heterocycles. The van der Waals surface area contributed by atoms with Crippen molar-refractivity contribution >= 4 is 137 Å². The molecular weight excluding hydrogens is 1380 g/mol. The third kappa shape index (κ3) is 19.6. The van der Waals surface area contributed by atoms with E-state index in [-0.39, 0.29) is 232 Å². The second kappa shape index (κ2) is 33.5. The van der Waals surface area contributed by atoms with Gasteiger partial charge in [0.05, 0.1) is 86.1 Å². The van der Waals surface area contributed by atoms with Crippen LogP contribution < -0.4 is 185 Å². The van der Waals surface area contributed by atoms with Gasteiger partial charge in [-0.2, -0.15) is 40.4 Å². The number of aryl methyl sites for hydroxylation is 2. The minimum Gasteiger partial charge on any atom is -0.744 e. The number of nitrogens with zero attached hydrogens (tertiary/aromatic N) is 12. The van der Waals surface area contributed by atoms with Crippen molar-refractivity contribution in [3.8, 4) is 0 Å². The molecule has 32 nitrogen and oxygen atoms in total. The summed E-state index contributed by atoms with van der Waals surface area (Å²) in [5.41, 5.74) is 1.55. The van der Waals surface area contributed by atoms with Gasteiger partial charge in [0.2, 0.25) is 35.0 Å². The quantitative estimate of drug-likeness (QED) is 0.0374. The molecule has 96 heavy (non-hydrogen) atoms. The van der Waals surface area contributed by atoms with Crippen molar-refractivity contribution in [3.05, 3.63) is 143 Å². The molecular formula is C55H45N16Na5O16S4. The molecule has 0 spiro atoms. The van der Waals surface area contributed by atoms with Gasteiger partial charge in [-0.05, 0) is 116 Å². The van der Waals surface area contributed by atoms with Gasteiger partial charge >= 0.3 is 148 Å². The summed E-state index contributed by atoms with van der Waals surface area (Å²) in [6.45, 7) is 6.61. The molecule has 11 rings (SSSR count). The van der Waals surface area contributed by atoms with Gasteiger partial charge in [-0.1, -0.05) is 24.3 Å². The standard InChI is InChI=1S/C55H50N16O16S4.5Na/c1-30-23-32(9-12-42(30)68-66-35-26-39-37(47(28-35)90(80,81)82)5-3-7-45(39)88(74,75)76)56-50-60-52(64-54(62-50)70-15-19-86-20-16-70)58-34-11-14-44(41(25-34)49(72)73)59-53-61-51(63-55(65-53)71-17-21-87-22-18-71)57-33-10-13-43(31(2)24-33)69-67-36-27-40-38(48(29-36)91(83,84)85)6-4-8-46(40)89(77,78)79;;;;;/h3-14,23-29H,15-22H2,1-2H3,(H,72,73)(H,74,75,76)(H,77,78,79)(H,80,81,82)(H,83,84,85)(H2,56,58,60,62,64)(H2,57,59,61,63,65);;;;;/q;5*+1/p-5. The maximum Gasteiger partial charge on any atom is 1.00 e. The van der Waals surface area contributed by atoms with E-state index < -0.39 is 66.0 Å². The Morgan fingerprint density at radius 3 is 1.24 bits per heavy atom. The minimum absolute atomic E-state index is 0. The molecule has 0 radical (unpaired) electrons. The fourth-order valence-electron chi connectivity index (χ4n) is 9.68. The number of rotatable bonds is 17. The first kappa shape index (κ1) is 80.1. The van der Waals surface area contributed by atoms with Crippen LogP contribution in [0.4, 0.5) is 69.3 Å². The van der Waals surface area contributed by atoms with Gasteiger partial charge in [0.15, 0.2) is 0 Å². The molecule has 0 unspecified atom stereocenters. The van der Waals surface area contributed by atoms with Crippen molar-refractivity contribution in [1.29, 1.82) is 0 Å². The number of hydrogen-bond donors (Lipinski definition) is 4. The first-order chi connectivity index (χ1) is 43.2. The van der Waals surface area contributed by atoms with Crippen molar-refractivity contribution in [1.82, 2.24) is 29.9 Å². The van der Waals surface area contributed by atoms with Crippen LogP contribution >= 0.6 is 0 Å². The van der Waals surface area contributed by atoms with Crippen LogP contribution in [0.3, 0.4) is 0 Å². The predicted octanol–water partition coefficient (Wildman–Crippen LogP) is -9.70. The molecule has 470 valence electrons. The van der Waals surface area contributed by atoms with Gasteiger partial charge in [-0.15, -0.1) is 0 Å². The molecule has 2 fully saturated rings. The zero-order chi connectivity index (χ0) is 64.6. The summed E-state index contributed by atoms with van der Waals surface area (Å²) in [5, 5.41) is 34.5. The average Bonchev–Trinajstić information content (AvgIpc) is 0.771. The summed E-state index contributed by atoms with van der Waals surface area (Å²) in [5.74, 6) is -0.900. The molecule has 0 amide bonds. The number of hydrogen-bond acceptors (Lipinski definition) is 30. The van der Waals surface area contributed by atoms with Gasteiger partial charge in [-0.25, -0.2) is 43.7 Å². The van der Waals surface area contributed by atoms with Crippen LogP contribution in [0.25, 0.3) is 21.5 Å². The van der Waals surface area contributed by atoms with Gasteiger partial charge in [-0.3, -0.25) is 9.97 Å². The Hall–Kier alpha value is -4.89. The molecule has 2 aromatic heterocycles. The summed E-state index contributed by atoms with van der Waals surface area (Å²) < 4.78 is 157. The SMILES string of the molecule is Cc1cc(Nc2nc(N3CCOCC3)[nH]c(=Nc3ccc(N=c4nc(Nc5ccc(N=Nc6cc(S(=O)(=O)[O-])c7cccc(S(=O)(=O)[O-])c7c6)c(C)c5)nc(N5CCOCC5)[nH]4)c(C(=O)[O-])c3)n2)ccc1N=Nc1cc(S(=O)(=O)[O-])c2cccc(S(=O)(=O)[O-])c2c1.[Na+].[Na+].[Na+].[Na+].[Na+]. The largest absolute Gasteiger partial charge is 1.00 e. The summed E-state index contributed by atoms with van der Waals surface area (Å²) >= 11 is 0. The van der Waals surface area contributed by atoms with Gasteiger partial charge in [0.1, 0.15) is 40.5 Å². The fraction of sp³-hybridized carbons (Fsp3) is 0.182. The Morgan fingerprint density at radius 2 is 0.854 bits per heavy atom. The van der Waals surface area contributed by atoms with E-state index in [1.165, 1.54) is 30.3 Å². The fourth-order valence-corrected chi connectivity index (χ4v) is 12.5. The number of carboxylic acids is 1. The van der Waals surface area contributed by atoms with Crippen LogP contribution in [-0.4, -0.2) is 140 Å². The second-order valence-electron chi connectivity index (χ2n) is 20.1. The Balaban J connectivity index is 0.00000291. The molecule has 2 saturated heterocycles. The second-order valence-corrected chi connectivity index (χ2v) is 25.5. The molecule has 0 atom stereocenters. The maximum absolute atomic E-state index is 12.9. The number of azo groups is 2. The topological polar surface area (TPSA) is 475 Å². The molecule has 0 saturated carbocycles. The number of ether oxygens (including phenoxy) is 2. The third-order valence-electron chi connectivity index (χ3n) is 13.9. The van der Waals surface area contributed by atoms with Crippen LogP contribution in [0.1, 0.15) is 21.5 Å². The number of anilines is 6. The summed E-state index contributed by atoms with van der Waals surface area (Å²) in [4.78, 5) is 47.4. The molecule has 4 heterocycles. The number of morpholine rings is 2. The van der Waals surface area contributed by atoms with E-state index in [4.69, 9.17) is 9.47 Å². The van der Waals surface area contributed by atoms with Crippen LogP contribution in [-0.2, 0) is 49.9 Å². The summed E-state index contributed by atoms with van der Waals surface area (Å²) in [7, 11) is -20.6. The number of benzene rings is 7. The number of carbonyl (C=O) groups excluding carboxylic acids is 1. The molecule has 9 aromatic rings. The Labute approximate surface area is 658 Å². The first-order valence-electron chi connectivity index (χ1n) is 26.8. The molecule has 0 aliphatic carbocycles. The number of aromatic carboxylic acids is 1. The molecule has 2 aliphatic rings. The number of fused-ring (bicyclic) bond motifs is 2. The van der Waals surface area contributed by atoms with Gasteiger partial charge < -0.3 is 58.0 Å².